The van der Waals surface area contributed by atoms with Gasteiger partial charge in [0, 0.05) is 5.56 Å². The lowest BCUT2D eigenvalue weighted by molar-refractivity contribution is 0.555. The van der Waals surface area contributed by atoms with Crippen LogP contribution >= 0.6 is 11.6 Å². The standard InChI is InChI=1S/C14H11ClF3N/c1-19-14(8-2-4-11(15)13(18)6-8)10-7-9(16)3-5-12(10)17/h2-7,14,19H,1H3. The minimum Gasteiger partial charge on any atom is -0.309 e. The van der Waals surface area contributed by atoms with Crippen molar-refractivity contribution in [1.29, 1.82) is 0 Å². The second kappa shape index (κ2) is 5.63. The van der Waals surface area contributed by atoms with Crippen LogP contribution in [-0.2, 0) is 0 Å². The Morgan fingerprint density at radius 2 is 1.74 bits per heavy atom. The van der Waals surface area contributed by atoms with Crippen molar-refractivity contribution in [3.05, 3.63) is 70.0 Å². The lowest BCUT2D eigenvalue weighted by atomic mass is 9.98. The van der Waals surface area contributed by atoms with Crippen LogP contribution in [0.1, 0.15) is 17.2 Å². The van der Waals surface area contributed by atoms with Crippen LogP contribution in [0.5, 0.6) is 0 Å². The molecule has 0 aromatic heterocycles. The van der Waals surface area contributed by atoms with Crippen molar-refractivity contribution in [2.45, 2.75) is 6.04 Å². The molecule has 2 rings (SSSR count). The van der Waals surface area contributed by atoms with Crippen molar-refractivity contribution in [2.75, 3.05) is 7.05 Å². The third-order valence-corrected chi connectivity index (χ3v) is 3.14. The largest absolute Gasteiger partial charge is 0.309 e. The van der Waals surface area contributed by atoms with Crippen LogP contribution in [0.3, 0.4) is 0 Å². The average molecular weight is 286 g/mol. The zero-order chi connectivity index (χ0) is 14.0. The fraction of sp³-hybridized carbons (Fsp3) is 0.143. The molecule has 0 fully saturated rings. The van der Waals surface area contributed by atoms with Crippen LogP contribution < -0.4 is 5.32 Å². The minimum atomic E-state index is -0.650. The van der Waals surface area contributed by atoms with Crippen LogP contribution in [-0.4, -0.2) is 7.05 Å². The van der Waals surface area contributed by atoms with Gasteiger partial charge in [-0.1, -0.05) is 17.7 Å². The Bertz CT molecular complexity index is 601. The number of halogens is 4. The zero-order valence-corrected chi connectivity index (χ0v) is 10.8. The second-order valence-corrected chi connectivity index (χ2v) is 4.47. The predicted octanol–water partition coefficient (Wildman–Crippen LogP) is 4.07. The van der Waals surface area contributed by atoms with Crippen molar-refractivity contribution in [3.63, 3.8) is 0 Å². The highest BCUT2D eigenvalue weighted by atomic mass is 35.5. The summed E-state index contributed by atoms with van der Waals surface area (Å²) < 4.78 is 40.4. The first-order valence-corrected chi connectivity index (χ1v) is 5.98. The maximum absolute atomic E-state index is 13.7. The SMILES string of the molecule is CNC(c1ccc(Cl)c(F)c1)c1cc(F)ccc1F. The monoisotopic (exact) mass is 285 g/mol. The zero-order valence-electron chi connectivity index (χ0n) is 10.1. The Balaban J connectivity index is 2.49. The molecule has 100 valence electrons. The molecule has 0 aliphatic rings. The quantitative estimate of drug-likeness (QED) is 0.896. The first-order valence-electron chi connectivity index (χ1n) is 5.60. The molecule has 1 atom stereocenters. The van der Waals surface area contributed by atoms with E-state index in [1.54, 1.807) is 13.1 Å². The van der Waals surface area contributed by atoms with Crippen LogP contribution in [0.25, 0.3) is 0 Å². The van der Waals surface area contributed by atoms with Gasteiger partial charge in [0.1, 0.15) is 17.5 Å². The Morgan fingerprint density at radius 1 is 1.00 bits per heavy atom. The lowest BCUT2D eigenvalue weighted by Crippen LogP contribution is -2.19. The fourth-order valence-corrected chi connectivity index (χ4v) is 2.05. The van der Waals surface area contributed by atoms with Gasteiger partial charge < -0.3 is 5.32 Å². The molecule has 5 heteroatoms. The molecule has 0 saturated carbocycles. The molecule has 0 radical (unpaired) electrons. The number of benzene rings is 2. The topological polar surface area (TPSA) is 12.0 Å². The van der Waals surface area contributed by atoms with Crippen LogP contribution in [0, 0.1) is 17.5 Å². The smallest absolute Gasteiger partial charge is 0.142 e. The van der Waals surface area contributed by atoms with E-state index < -0.39 is 23.5 Å². The second-order valence-electron chi connectivity index (χ2n) is 4.06. The van der Waals surface area contributed by atoms with Gasteiger partial charge >= 0.3 is 0 Å². The van der Waals surface area contributed by atoms with Crippen LogP contribution in [0.2, 0.25) is 5.02 Å². The summed E-state index contributed by atoms with van der Waals surface area (Å²) in [6.45, 7) is 0. The molecule has 19 heavy (non-hydrogen) atoms. The summed E-state index contributed by atoms with van der Waals surface area (Å²) in [7, 11) is 1.58. The number of hydrogen-bond donors (Lipinski definition) is 1. The molecule has 0 heterocycles. The number of nitrogens with one attached hydrogen (secondary N) is 1. The van der Waals surface area contributed by atoms with Gasteiger partial charge in [-0.15, -0.1) is 0 Å². The molecule has 1 N–H and O–H groups in total. The maximum Gasteiger partial charge on any atom is 0.142 e. The summed E-state index contributed by atoms with van der Waals surface area (Å²) in [4.78, 5) is 0. The minimum absolute atomic E-state index is 0.0154. The van der Waals surface area contributed by atoms with E-state index in [0.717, 1.165) is 18.2 Å². The van der Waals surface area contributed by atoms with E-state index in [2.05, 4.69) is 5.32 Å². The van der Waals surface area contributed by atoms with Gasteiger partial charge in [0.25, 0.3) is 0 Å². The molecule has 2 aromatic rings. The van der Waals surface area contributed by atoms with Gasteiger partial charge in [-0.05, 0) is 42.9 Å². The summed E-state index contributed by atoms with van der Waals surface area (Å²) in [5, 5.41) is 2.82. The van der Waals surface area contributed by atoms with E-state index in [1.807, 2.05) is 0 Å². The Morgan fingerprint density at radius 3 is 2.37 bits per heavy atom. The van der Waals surface area contributed by atoms with Crippen molar-refractivity contribution >= 4 is 11.6 Å². The highest BCUT2D eigenvalue weighted by Crippen LogP contribution is 2.27. The van der Waals surface area contributed by atoms with Gasteiger partial charge in [0.05, 0.1) is 11.1 Å². The normalized spacial score (nSPS) is 12.5. The van der Waals surface area contributed by atoms with E-state index in [0.29, 0.717) is 5.56 Å². The molecule has 2 aromatic carbocycles. The molecule has 0 bridgehead atoms. The first-order chi connectivity index (χ1) is 9.02. The van der Waals surface area contributed by atoms with Crippen molar-refractivity contribution in [2.24, 2.45) is 0 Å². The summed E-state index contributed by atoms with van der Waals surface area (Å²) in [6.07, 6.45) is 0. The Hall–Kier alpha value is -1.52. The first kappa shape index (κ1) is 13.9. The average Bonchev–Trinajstić information content (AvgIpc) is 2.38. The van der Waals surface area contributed by atoms with Gasteiger partial charge in [-0.3, -0.25) is 0 Å². The van der Waals surface area contributed by atoms with Gasteiger partial charge in [0.2, 0.25) is 0 Å². The van der Waals surface area contributed by atoms with Crippen LogP contribution in [0.4, 0.5) is 13.2 Å². The van der Waals surface area contributed by atoms with E-state index in [4.69, 9.17) is 11.6 Å². The third kappa shape index (κ3) is 2.91. The molecule has 0 saturated heterocycles. The van der Waals surface area contributed by atoms with E-state index in [1.165, 1.54) is 12.1 Å². The lowest BCUT2D eigenvalue weighted by Gasteiger charge is -2.18. The van der Waals surface area contributed by atoms with Crippen molar-refractivity contribution < 1.29 is 13.2 Å². The molecular weight excluding hydrogens is 275 g/mol. The molecule has 0 aliphatic carbocycles. The highest BCUT2D eigenvalue weighted by molar-refractivity contribution is 6.30. The summed E-state index contributed by atoms with van der Waals surface area (Å²) in [6, 6.07) is 6.67. The molecule has 0 spiro atoms. The molecule has 0 aliphatic heterocycles. The number of rotatable bonds is 3. The fourth-order valence-electron chi connectivity index (χ4n) is 1.93. The summed E-state index contributed by atoms with van der Waals surface area (Å²) in [5.74, 6) is -1.71. The summed E-state index contributed by atoms with van der Waals surface area (Å²) in [5.41, 5.74) is 0.582. The summed E-state index contributed by atoms with van der Waals surface area (Å²) >= 11 is 5.60. The molecule has 0 amide bonds. The van der Waals surface area contributed by atoms with Crippen molar-refractivity contribution in [1.82, 2.24) is 5.32 Å². The van der Waals surface area contributed by atoms with Crippen LogP contribution in [0.15, 0.2) is 36.4 Å². The Kier molecular flexibility index (Phi) is 4.12. The van der Waals surface area contributed by atoms with Gasteiger partial charge in [-0.2, -0.15) is 0 Å². The van der Waals surface area contributed by atoms with Crippen molar-refractivity contribution in [3.8, 4) is 0 Å². The molecule has 1 unspecified atom stereocenters. The predicted molar refractivity (Wildman–Crippen MR) is 68.7 cm³/mol. The van der Waals surface area contributed by atoms with Gasteiger partial charge in [0.15, 0.2) is 0 Å². The highest BCUT2D eigenvalue weighted by Gasteiger charge is 2.18. The van der Waals surface area contributed by atoms with Gasteiger partial charge in [-0.25, -0.2) is 13.2 Å². The van der Waals surface area contributed by atoms with E-state index in [-0.39, 0.29) is 10.6 Å². The molecule has 1 nitrogen and oxygen atoms in total. The van der Waals surface area contributed by atoms with E-state index in [9.17, 15) is 13.2 Å². The van der Waals surface area contributed by atoms with E-state index >= 15 is 0 Å². The third-order valence-electron chi connectivity index (χ3n) is 2.83. The Labute approximate surface area is 114 Å². The molecular formula is C14H11ClF3N. The number of hydrogen-bond acceptors (Lipinski definition) is 1. The maximum atomic E-state index is 13.7.